The number of hydrogen-bond acceptors (Lipinski definition) is 3. The second-order valence-corrected chi connectivity index (χ2v) is 10.2. The predicted molar refractivity (Wildman–Crippen MR) is 152 cm³/mol. The second kappa shape index (κ2) is 32.4. The quantitative estimate of drug-likeness (QED) is 0.0948. The molecule has 0 aromatic heterocycles. The fourth-order valence-corrected chi connectivity index (χ4v) is 4.23. The molecule has 0 amide bonds. The summed E-state index contributed by atoms with van der Waals surface area (Å²) in [6.45, 7) is 10.1. The molecule has 0 unspecified atom stereocenters. The smallest absolute Gasteiger partial charge is 0.303 e. The molecule has 0 bridgehead atoms. The Labute approximate surface area is 215 Å². The Bertz CT molecular complexity index is 377. The SMILES string of the molecule is CCCCCCCCCCCCCCCCCCCC(=O)O.CCCCCNCN(C)CCC. The van der Waals surface area contributed by atoms with E-state index in [1.165, 1.54) is 135 Å². The minimum absolute atomic E-state index is 0.346. The second-order valence-electron chi connectivity index (χ2n) is 10.2. The lowest BCUT2D eigenvalue weighted by Crippen LogP contribution is -2.32. The summed E-state index contributed by atoms with van der Waals surface area (Å²) in [6, 6.07) is 0. The van der Waals surface area contributed by atoms with Crippen LogP contribution in [0.3, 0.4) is 0 Å². The summed E-state index contributed by atoms with van der Waals surface area (Å²) in [5.41, 5.74) is 0. The monoisotopic (exact) mass is 484 g/mol. The Morgan fingerprint density at radius 1 is 0.588 bits per heavy atom. The number of carboxylic acid groups (broad SMARTS) is 1. The van der Waals surface area contributed by atoms with Crippen LogP contribution in [-0.4, -0.2) is 42.8 Å². The van der Waals surface area contributed by atoms with Gasteiger partial charge >= 0.3 is 5.97 Å². The highest BCUT2D eigenvalue weighted by atomic mass is 16.4. The van der Waals surface area contributed by atoms with Crippen LogP contribution in [0.2, 0.25) is 0 Å². The van der Waals surface area contributed by atoms with Crippen molar-refractivity contribution in [3.05, 3.63) is 0 Å². The van der Waals surface area contributed by atoms with Crippen molar-refractivity contribution in [1.29, 1.82) is 0 Å². The summed E-state index contributed by atoms with van der Waals surface area (Å²) in [5.74, 6) is -0.652. The lowest BCUT2D eigenvalue weighted by atomic mass is 10.0. The average molecular weight is 485 g/mol. The van der Waals surface area contributed by atoms with Gasteiger partial charge in [0.05, 0.1) is 0 Å². The molecule has 2 N–H and O–H groups in total. The van der Waals surface area contributed by atoms with Gasteiger partial charge in [-0.3, -0.25) is 9.69 Å². The van der Waals surface area contributed by atoms with Crippen LogP contribution in [0.5, 0.6) is 0 Å². The van der Waals surface area contributed by atoms with Gasteiger partial charge in [0.2, 0.25) is 0 Å². The molecule has 4 nitrogen and oxygen atoms in total. The normalized spacial score (nSPS) is 11.0. The van der Waals surface area contributed by atoms with Crippen molar-refractivity contribution in [2.24, 2.45) is 0 Å². The van der Waals surface area contributed by atoms with Gasteiger partial charge < -0.3 is 10.4 Å². The van der Waals surface area contributed by atoms with Gasteiger partial charge in [-0.25, -0.2) is 0 Å². The van der Waals surface area contributed by atoms with Crippen molar-refractivity contribution < 1.29 is 9.90 Å². The van der Waals surface area contributed by atoms with Crippen molar-refractivity contribution in [2.75, 3.05) is 26.8 Å². The third-order valence-corrected chi connectivity index (χ3v) is 6.44. The van der Waals surface area contributed by atoms with E-state index in [2.05, 4.69) is 38.0 Å². The molecular formula is C30H64N2O2. The minimum Gasteiger partial charge on any atom is -0.481 e. The molecule has 0 aliphatic heterocycles. The van der Waals surface area contributed by atoms with E-state index in [1.54, 1.807) is 0 Å². The fraction of sp³-hybridized carbons (Fsp3) is 0.967. The fourth-order valence-electron chi connectivity index (χ4n) is 4.23. The molecule has 0 atom stereocenters. The lowest BCUT2D eigenvalue weighted by Gasteiger charge is -2.15. The van der Waals surface area contributed by atoms with E-state index in [0.717, 1.165) is 19.5 Å². The van der Waals surface area contributed by atoms with Crippen molar-refractivity contribution in [3.8, 4) is 0 Å². The van der Waals surface area contributed by atoms with Crippen LogP contribution in [0.1, 0.15) is 162 Å². The zero-order valence-electron chi connectivity index (χ0n) is 24.0. The van der Waals surface area contributed by atoms with Gasteiger partial charge in [0.1, 0.15) is 0 Å². The summed E-state index contributed by atoms with van der Waals surface area (Å²) in [7, 11) is 2.16. The minimum atomic E-state index is -0.652. The highest BCUT2D eigenvalue weighted by molar-refractivity contribution is 5.66. The Hall–Kier alpha value is -0.610. The van der Waals surface area contributed by atoms with Crippen LogP contribution in [0.15, 0.2) is 0 Å². The van der Waals surface area contributed by atoms with Crippen molar-refractivity contribution in [3.63, 3.8) is 0 Å². The van der Waals surface area contributed by atoms with Crippen LogP contribution >= 0.6 is 0 Å². The molecule has 34 heavy (non-hydrogen) atoms. The molecule has 4 heteroatoms. The maximum Gasteiger partial charge on any atom is 0.303 e. The number of nitrogens with one attached hydrogen (secondary N) is 1. The third kappa shape index (κ3) is 36.0. The summed E-state index contributed by atoms with van der Waals surface area (Å²) in [4.78, 5) is 12.7. The van der Waals surface area contributed by atoms with E-state index in [4.69, 9.17) is 5.11 Å². The first-order valence-corrected chi connectivity index (χ1v) is 15.2. The number of unbranched alkanes of at least 4 members (excludes halogenated alkanes) is 18. The Balaban J connectivity index is 0. The van der Waals surface area contributed by atoms with Gasteiger partial charge in [0.25, 0.3) is 0 Å². The molecule has 0 aromatic carbocycles. The van der Waals surface area contributed by atoms with E-state index in [1.807, 2.05) is 0 Å². The molecule has 0 aliphatic carbocycles. The molecule has 0 saturated heterocycles. The first-order valence-electron chi connectivity index (χ1n) is 15.2. The third-order valence-electron chi connectivity index (χ3n) is 6.44. The van der Waals surface area contributed by atoms with Gasteiger partial charge in [-0.2, -0.15) is 0 Å². The number of hydrogen-bond donors (Lipinski definition) is 2. The topological polar surface area (TPSA) is 52.6 Å². The maximum atomic E-state index is 10.4. The van der Waals surface area contributed by atoms with Crippen molar-refractivity contribution in [1.82, 2.24) is 10.2 Å². The van der Waals surface area contributed by atoms with E-state index < -0.39 is 5.97 Å². The highest BCUT2D eigenvalue weighted by Crippen LogP contribution is 2.14. The summed E-state index contributed by atoms with van der Waals surface area (Å²) in [6.07, 6.45) is 28.4. The Morgan fingerprint density at radius 3 is 1.35 bits per heavy atom. The molecular weight excluding hydrogens is 420 g/mol. The standard InChI is InChI=1S/C20H40O2.C10H24N2/c1-2-3-4-5-6-7-8-9-10-11-12-13-14-15-16-17-18-19-20(21)22;1-4-6-7-8-11-10-12(3)9-5-2/h2-19H2,1H3,(H,21,22);11H,4-10H2,1-3H3. The summed E-state index contributed by atoms with van der Waals surface area (Å²) < 4.78 is 0. The van der Waals surface area contributed by atoms with Gasteiger partial charge in [-0.05, 0) is 39.4 Å². The zero-order valence-corrected chi connectivity index (χ0v) is 24.0. The summed E-state index contributed by atoms with van der Waals surface area (Å²) >= 11 is 0. The van der Waals surface area contributed by atoms with Crippen LogP contribution in [0.4, 0.5) is 0 Å². The molecule has 0 aromatic rings. The molecule has 0 saturated carbocycles. The number of carboxylic acids is 1. The van der Waals surface area contributed by atoms with Crippen molar-refractivity contribution >= 4 is 5.97 Å². The van der Waals surface area contributed by atoms with Gasteiger partial charge in [-0.15, -0.1) is 0 Å². The van der Waals surface area contributed by atoms with Crippen LogP contribution < -0.4 is 5.32 Å². The molecule has 0 aliphatic rings. The largest absolute Gasteiger partial charge is 0.481 e. The maximum absolute atomic E-state index is 10.4. The molecule has 0 rings (SSSR count). The van der Waals surface area contributed by atoms with E-state index in [-0.39, 0.29) is 0 Å². The van der Waals surface area contributed by atoms with E-state index >= 15 is 0 Å². The van der Waals surface area contributed by atoms with E-state index in [9.17, 15) is 4.79 Å². The molecule has 0 radical (unpaired) electrons. The van der Waals surface area contributed by atoms with E-state index in [0.29, 0.717) is 6.42 Å². The first kappa shape index (κ1) is 35.6. The highest BCUT2D eigenvalue weighted by Gasteiger charge is 1.97. The van der Waals surface area contributed by atoms with Gasteiger partial charge in [-0.1, -0.05) is 136 Å². The molecule has 0 heterocycles. The van der Waals surface area contributed by atoms with Gasteiger partial charge in [0, 0.05) is 13.1 Å². The Morgan fingerprint density at radius 2 is 0.971 bits per heavy atom. The number of aliphatic carboxylic acids is 1. The van der Waals surface area contributed by atoms with Gasteiger partial charge in [0.15, 0.2) is 0 Å². The molecule has 0 spiro atoms. The lowest BCUT2D eigenvalue weighted by molar-refractivity contribution is -0.137. The average Bonchev–Trinajstić information content (AvgIpc) is 2.81. The predicted octanol–water partition coefficient (Wildman–Crippen LogP) is 9.18. The first-order chi connectivity index (χ1) is 16.6. The van der Waals surface area contributed by atoms with Crippen LogP contribution in [0.25, 0.3) is 0 Å². The Kier molecular flexibility index (Phi) is 33.9. The molecule has 0 fully saturated rings. The number of rotatable bonds is 26. The van der Waals surface area contributed by atoms with Crippen LogP contribution in [0, 0.1) is 0 Å². The summed E-state index contributed by atoms with van der Waals surface area (Å²) in [5, 5.41) is 12.0. The molecule has 206 valence electrons. The van der Waals surface area contributed by atoms with Crippen LogP contribution in [-0.2, 0) is 4.79 Å². The number of nitrogens with zero attached hydrogens (tertiary/aromatic N) is 1. The number of carbonyl (C=O) groups is 1. The van der Waals surface area contributed by atoms with Crippen molar-refractivity contribution in [2.45, 2.75) is 162 Å². The zero-order chi connectivity index (χ0) is 25.5.